The zero-order valence-corrected chi connectivity index (χ0v) is 8.93. The molecule has 0 spiro atoms. The highest BCUT2D eigenvalue weighted by molar-refractivity contribution is 5.88. The van der Waals surface area contributed by atoms with Gasteiger partial charge in [-0.15, -0.1) is 0 Å². The Bertz CT molecular complexity index is 304. The number of carboxylic acids is 1. The molecule has 7 nitrogen and oxygen atoms in total. The maximum absolute atomic E-state index is 11.6. The minimum Gasteiger partial charge on any atom is -0.480 e. The fourth-order valence-electron chi connectivity index (χ4n) is 1.43. The van der Waals surface area contributed by atoms with Crippen LogP contribution in [0, 0.1) is 0 Å². The molecule has 1 rings (SSSR count). The fraction of sp³-hybridized carbons (Fsp3) is 0.667. The van der Waals surface area contributed by atoms with Crippen molar-refractivity contribution in [3.05, 3.63) is 0 Å². The van der Waals surface area contributed by atoms with Crippen molar-refractivity contribution >= 4 is 17.8 Å². The number of nitrogens with one attached hydrogen (secondary N) is 1. The van der Waals surface area contributed by atoms with E-state index in [4.69, 9.17) is 5.11 Å². The molecule has 0 saturated carbocycles. The van der Waals surface area contributed by atoms with Crippen LogP contribution in [0.25, 0.3) is 0 Å². The van der Waals surface area contributed by atoms with Gasteiger partial charge in [0.1, 0.15) is 19.3 Å². The van der Waals surface area contributed by atoms with Crippen LogP contribution in [0.15, 0.2) is 0 Å². The number of carboxylic acid groups (broad SMARTS) is 1. The minimum absolute atomic E-state index is 0.210. The van der Waals surface area contributed by atoms with Crippen LogP contribution in [0.5, 0.6) is 0 Å². The molecule has 7 heteroatoms. The van der Waals surface area contributed by atoms with Gasteiger partial charge in [0.15, 0.2) is 0 Å². The summed E-state index contributed by atoms with van der Waals surface area (Å²) in [4.78, 5) is 34.3. The first-order chi connectivity index (χ1) is 7.52. The molecular weight excluding hydrogens is 216 g/mol. The Labute approximate surface area is 92.4 Å². The van der Waals surface area contributed by atoms with Crippen LogP contribution in [0.4, 0.5) is 0 Å². The van der Waals surface area contributed by atoms with E-state index >= 15 is 0 Å². The van der Waals surface area contributed by atoms with Crippen LogP contribution in [0.1, 0.15) is 6.92 Å². The summed E-state index contributed by atoms with van der Waals surface area (Å²) >= 11 is 0. The topological polar surface area (TPSA) is 95.9 Å². The molecule has 0 aromatic heterocycles. The predicted octanol–water partition coefficient (Wildman–Crippen LogP) is -1.57. The van der Waals surface area contributed by atoms with Crippen LogP contribution < -0.4 is 5.32 Å². The molecular formula is C9H14N2O5. The molecule has 1 saturated heterocycles. The highest BCUT2D eigenvalue weighted by Crippen LogP contribution is 2.04. The van der Waals surface area contributed by atoms with E-state index < -0.39 is 18.6 Å². The quantitative estimate of drug-likeness (QED) is 0.608. The fourth-order valence-corrected chi connectivity index (χ4v) is 1.43. The number of carbonyl (C=O) groups is 3. The number of piperazine rings is 1. The van der Waals surface area contributed by atoms with Gasteiger partial charge < -0.3 is 20.1 Å². The van der Waals surface area contributed by atoms with Gasteiger partial charge in [-0.25, -0.2) is 4.79 Å². The molecule has 1 aliphatic rings. The summed E-state index contributed by atoms with van der Waals surface area (Å²) in [6.07, 6.45) is 0. The number of rotatable bonds is 4. The first kappa shape index (κ1) is 12.4. The Morgan fingerprint density at radius 3 is 2.88 bits per heavy atom. The maximum atomic E-state index is 11.6. The molecule has 1 atom stereocenters. The van der Waals surface area contributed by atoms with Crippen molar-refractivity contribution in [3.8, 4) is 0 Å². The third-order valence-electron chi connectivity index (χ3n) is 2.27. The molecule has 0 radical (unpaired) electrons. The Morgan fingerprint density at radius 1 is 1.56 bits per heavy atom. The number of nitrogens with zero attached hydrogens (tertiary/aromatic N) is 1. The number of hydrogen-bond donors (Lipinski definition) is 2. The Kier molecular flexibility index (Phi) is 4.24. The normalized spacial score (nSPS) is 20.4. The first-order valence-corrected chi connectivity index (χ1v) is 4.89. The Hall–Kier alpha value is -1.63. The summed E-state index contributed by atoms with van der Waals surface area (Å²) < 4.78 is 4.67. The van der Waals surface area contributed by atoms with E-state index in [0.717, 1.165) is 0 Å². The largest absolute Gasteiger partial charge is 0.480 e. The number of hydrogen-bond acceptors (Lipinski definition) is 4. The summed E-state index contributed by atoms with van der Waals surface area (Å²) in [7, 11) is 0. The van der Waals surface area contributed by atoms with Crippen LogP contribution >= 0.6 is 0 Å². The second kappa shape index (κ2) is 5.45. The maximum Gasteiger partial charge on any atom is 0.329 e. The summed E-state index contributed by atoms with van der Waals surface area (Å²) in [6, 6.07) is -0.533. The molecule has 16 heavy (non-hydrogen) atoms. The number of carbonyl (C=O) groups excluding carboxylic acids is 2. The molecule has 0 aliphatic carbocycles. The van der Waals surface area contributed by atoms with Gasteiger partial charge in [0.05, 0.1) is 0 Å². The monoisotopic (exact) mass is 230 g/mol. The van der Waals surface area contributed by atoms with E-state index in [2.05, 4.69) is 10.1 Å². The summed E-state index contributed by atoms with van der Waals surface area (Å²) in [5.74, 6) is -1.71. The molecule has 0 aromatic rings. The SMILES string of the molecule is CC1C(=O)NCCN1C(=O)COCC(=O)O. The Balaban J connectivity index is 2.40. The van der Waals surface area contributed by atoms with E-state index in [-0.39, 0.29) is 18.4 Å². The van der Waals surface area contributed by atoms with Gasteiger partial charge >= 0.3 is 5.97 Å². The second-order valence-corrected chi connectivity index (χ2v) is 3.44. The third-order valence-corrected chi connectivity index (χ3v) is 2.27. The summed E-state index contributed by atoms with van der Waals surface area (Å²) in [6.45, 7) is 1.61. The van der Waals surface area contributed by atoms with E-state index in [9.17, 15) is 14.4 Å². The van der Waals surface area contributed by atoms with E-state index in [1.165, 1.54) is 4.90 Å². The van der Waals surface area contributed by atoms with Crippen molar-refractivity contribution in [1.82, 2.24) is 10.2 Å². The van der Waals surface area contributed by atoms with E-state index in [0.29, 0.717) is 13.1 Å². The van der Waals surface area contributed by atoms with Gasteiger partial charge in [0.25, 0.3) is 0 Å². The third kappa shape index (κ3) is 3.20. The van der Waals surface area contributed by atoms with E-state index in [1.54, 1.807) is 6.92 Å². The van der Waals surface area contributed by atoms with Crippen molar-refractivity contribution in [2.45, 2.75) is 13.0 Å². The molecule has 1 unspecified atom stereocenters. The zero-order valence-electron chi connectivity index (χ0n) is 8.93. The van der Waals surface area contributed by atoms with Gasteiger partial charge in [-0.05, 0) is 6.92 Å². The highest BCUT2D eigenvalue weighted by atomic mass is 16.5. The van der Waals surface area contributed by atoms with Crippen molar-refractivity contribution in [1.29, 1.82) is 0 Å². The molecule has 90 valence electrons. The van der Waals surface area contributed by atoms with Crippen molar-refractivity contribution in [3.63, 3.8) is 0 Å². The summed E-state index contributed by atoms with van der Waals surface area (Å²) in [5, 5.41) is 10.9. The summed E-state index contributed by atoms with van der Waals surface area (Å²) in [5.41, 5.74) is 0. The van der Waals surface area contributed by atoms with Crippen LogP contribution in [0.3, 0.4) is 0 Å². The lowest BCUT2D eigenvalue weighted by Gasteiger charge is -2.32. The average Bonchev–Trinajstić information content (AvgIpc) is 2.21. The molecule has 1 aliphatic heterocycles. The molecule has 2 amide bonds. The average molecular weight is 230 g/mol. The standard InChI is InChI=1S/C9H14N2O5/c1-6-9(15)10-2-3-11(6)7(12)4-16-5-8(13)14/h6H,2-5H2,1H3,(H,10,15)(H,13,14). The van der Waals surface area contributed by atoms with Crippen LogP contribution in [-0.4, -0.2) is 60.1 Å². The van der Waals surface area contributed by atoms with Crippen molar-refractivity contribution in [2.24, 2.45) is 0 Å². The molecule has 1 heterocycles. The predicted molar refractivity (Wildman–Crippen MR) is 52.6 cm³/mol. The lowest BCUT2D eigenvalue weighted by molar-refractivity contribution is -0.150. The van der Waals surface area contributed by atoms with Gasteiger partial charge in [0.2, 0.25) is 11.8 Å². The lowest BCUT2D eigenvalue weighted by Crippen LogP contribution is -2.56. The number of amides is 2. The van der Waals surface area contributed by atoms with Gasteiger partial charge in [-0.1, -0.05) is 0 Å². The molecule has 2 N–H and O–H groups in total. The van der Waals surface area contributed by atoms with Gasteiger partial charge in [-0.2, -0.15) is 0 Å². The van der Waals surface area contributed by atoms with Gasteiger partial charge in [0, 0.05) is 13.1 Å². The van der Waals surface area contributed by atoms with E-state index in [1.807, 2.05) is 0 Å². The number of ether oxygens (including phenoxy) is 1. The van der Waals surface area contributed by atoms with Gasteiger partial charge in [-0.3, -0.25) is 9.59 Å². The Morgan fingerprint density at radius 2 is 2.25 bits per heavy atom. The highest BCUT2D eigenvalue weighted by Gasteiger charge is 2.28. The number of aliphatic carboxylic acids is 1. The molecule has 0 aromatic carbocycles. The smallest absolute Gasteiger partial charge is 0.329 e. The molecule has 1 fully saturated rings. The first-order valence-electron chi connectivity index (χ1n) is 4.89. The van der Waals surface area contributed by atoms with Crippen LogP contribution in [-0.2, 0) is 19.1 Å². The second-order valence-electron chi connectivity index (χ2n) is 3.44. The minimum atomic E-state index is -1.13. The molecule has 0 bridgehead atoms. The van der Waals surface area contributed by atoms with Crippen molar-refractivity contribution < 1.29 is 24.2 Å². The zero-order chi connectivity index (χ0) is 12.1. The van der Waals surface area contributed by atoms with Crippen molar-refractivity contribution in [2.75, 3.05) is 26.3 Å². The van der Waals surface area contributed by atoms with Crippen LogP contribution in [0.2, 0.25) is 0 Å². The lowest BCUT2D eigenvalue weighted by atomic mass is 10.2.